The molecule has 3 unspecified atom stereocenters. The molecule has 0 spiro atoms. The molecule has 4 aliphatic rings. The first-order valence-electron chi connectivity index (χ1n) is 27.0. The quantitative estimate of drug-likeness (QED) is 0.0452. The number of allylic oxidation sites excluding steroid dienone is 3. The predicted molar refractivity (Wildman–Crippen MR) is 284 cm³/mol. The van der Waals surface area contributed by atoms with Gasteiger partial charge in [-0.3, -0.25) is 28.8 Å². The van der Waals surface area contributed by atoms with Gasteiger partial charge in [-0.25, -0.2) is 9.97 Å². The maximum atomic E-state index is 14.0. The first-order chi connectivity index (χ1) is 36.7. The van der Waals surface area contributed by atoms with Crippen LogP contribution < -0.4 is 21.3 Å². The number of likely N-dealkylation sites (tertiary alicyclic amines) is 2. The highest BCUT2D eigenvalue weighted by molar-refractivity contribution is 5.98. The van der Waals surface area contributed by atoms with Gasteiger partial charge in [0, 0.05) is 80.2 Å². The van der Waals surface area contributed by atoms with E-state index in [1.165, 1.54) is 6.07 Å². The summed E-state index contributed by atoms with van der Waals surface area (Å²) in [6.07, 6.45) is 19.0. The summed E-state index contributed by atoms with van der Waals surface area (Å²) in [6.45, 7) is 8.54. The molecule has 400 valence electrons. The number of amides is 6. The number of aromatic nitrogens is 5. The van der Waals surface area contributed by atoms with E-state index in [1.54, 1.807) is 26.2 Å². The van der Waals surface area contributed by atoms with Gasteiger partial charge in [0.25, 0.3) is 5.91 Å². The maximum absolute atomic E-state index is 14.0. The standard InChI is InChI=1S/C58H71N11O7/c1-35-15-11-12-23-68(35)52(71)31-47(56(73)61-37(3)54-59-33-44(63-54)27-39-16-7-5-8-17-39)65-51(70)30-43-29-46(43)42-21-13-18-40(26-42)28-45-34-60-55(64-45)38(4)62-57(74)48(66-58(75)49-25-36(2)76-67-49)32-53(72)69-24-14-22-50(69)41-19-9-6-10-20-41/h5-10,13,16-19,21,25-26,33-35,37-38,41,43,46-48,50H,11-12,14-15,20,22-24,27-32H2,1-4H3,(H,59,63)(H,60,64)(H,61,73)(H,62,74)(H,65,70)(H,66,75)/t35-,37-,38-,41?,43?,46?,47-,48-,50+/m0/s1. The zero-order valence-corrected chi connectivity index (χ0v) is 43.9. The monoisotopic (exact) mass is 1030 g/mol. The Morgan fingerprint density at radius 3 is 2.05 bits per heavy atom. The summed E-state index contributed by atoms with van der Waals surface area (Å²) in [5, 5.41) is 15.5. The molecule has 6 N–H and O–H groups in total. The fourth-order valence-electron chi connectivity index (χ4n) is 11.1. The molecule has 6 amide bonds. The molecule has 5 heterocycles. The van der Waals surface area contributed by atoms with Crippen molar-refractivity contribution in [1.29, 1.82) is 0 Å². The van der Waals surface area contributed by atoms with Crippen molar-refractivity contribution in [3.8, 4) is 0 Å². The van der Waals surface area contributed by atoms with Crippen molar-refractivity contribution in [1.82, 2.24) is 56.2 Å². The van der Waals surface area contributed by atoms with Gasteiger partial charge in [-0.05, 0) is 101 Å². The lowest BCUT2D eigenvalue weighted by Crippen LogP contribution is -2.51. The summed E-state index contributed by atoms with van der Waals surface area (Å²) in [7, 11) is 0. The minimum atomic E-state index is -1.18. The van der Waals surface area contributed by atoms with Gasteiger partial charge in [-0.2, -0.15) is 0 Å². The largest absolute Gasteiger partial charge is 0.361 e. The molecule has 3 aromatic heterocycles. The lowest BCUT2D eigenvalue weighted by molar-refractivity contribution is -0.138. The number of carbonyl (C=O) groups is 6. The number of nitrogens with zero attached hydrogens (tertiary/aromatic N) is 5. The highest BCUT2D eigenvalue weighted by Gasteiger charge is 2.41. The normalized spacial score (nSPS) is 21.6. The van der Waals surface area contributed by atoms with Crippen LogP contribution in [0.25, 0.3) is 0 Å². The van der Waals surface area contributed by atoms with Crippen LogP contribution in [0.1, 0.15) is 159 Å². The predicted octanol–water partition coefficient (Wildman–Crippen LogP) is 6.75. The summed E-state index contributed by atoms with van der Waals surface area (Å²) in [5.74, 6) is -0.274. The number of piperidine rings is 1. The molecule has 3 fully saturated rings. The van der Waals surface area contributed by atoms with E-state index in [2.05, 4.69) is 70.6 Å². The number of H-pyrrole nitrogens is 2. The van der Waals surface area contributed by atoms with Crippen LogP contribution in [0, 0.1) is 18.8 Å². The van der Waals surface area contributed by atoms with E-state index in [0.717, 1.165) is 73.0 Å². The Labute approximate surface area is 443 Å². The second-order valence-electron chi connectivity index (χ2n) is 21.3. The van der Waals surface area contributed by atoms with E-state index >= 15 is 0 Å². The Hall–Kier alpha value is -7.63. The lowest BCUT2D eigenvalue weighted by Gasteiger charge is -2.34. The third-order valence-corrected chi connectivity index (χ3v) is 15.4. The highest BCUT2D eigenvalue weighted by Crippen LogP contribution is 2.49. The Kier molecular flexibility index (Phi) is 17.1. The van der Waals surface area contributed by atoms with Gasteiger partial charge < -0.3 is 45.6 Å². The SMILES string of the molecule is Cc1cc(C(=O)N[C@@H](CC(=O)N2CCC[C@@H]2C2C=CC=CC2)C(=O)N[C@@H](C)c2ncc(Cc3cccc(C4CC4CC(=O)N[C@@H](CC(=O)N4CCCC[C@@H]4C)C(=O)N[C@@H](C)c4ncc(Cc5ccccc5)[nH]4)c3)[nH]2)no1. The molecule has 2 aromatic carbocycles. The molecular formula is C58H71N11O7. The third-order valence-electron chi connectivity index (χ3n) is 15.4. The number of aryl methyl sites for hydroxylation is 1. The van der Waals surface area contributed by atoms with Crippen LogP contribution >= 0.6 is 0 Å². The molecule has 18 nitrogen and oxygen atoms in total. The van der Waals surface area contributed by atoms with Crippen molar-refractivity contribution in [2.24, 2.45) is 11.8 Å². The van der Waals surface area contributed by atoms with E-state index in [9.17, 15) is 28.8 Å². The minimum Gasteiger partial charge on any atom is -0.361 e. The number of nitrogens with one attached hydrogen (secondary N) is 6. The number of hydrogen-bond donors (Lipinski definition) is 6. The first kappa shape index (κ1) is 53.2. The van der Waals surface area contributed by atoms with Gasteiger partial charge in [-0.1, -0.05) is 84.1 Å². The van der Waals surface area contributed by atoms with Crippen LogP contribution in [0.5, 0.6) is 0 Å². The van der Waals surface area contributed by atoms with Crippen LogP contribution in [0.4, 0.5) is 0 Å². The fourth-order valence-corrected chi connectivity index (χ4v) is 11.1. The van der Waals surface area contributed by atoms with Gasteiger partial charge in [0.05, 0.1) is 24.9 Å². The van der Waals surface area contributed by atoms with Gasteiger partial charge in [-0.15, -0.1) is 0 Å². The van der Waals surface area contributed by atoms with Crippen molar-refractivity contribution >= 4 is 35.4 Å². The van der Waals surface area contributed by atoms with Crippen LogP contribution in [0.15, 0.2) is 102 Å². The summed E-state index contributed by atoms with van der Waals surface area (Å²) in [5.41, 5.74) is 5.01. The molecule has 9 atom stereocenters. The maximum Gasteiger partial charge on any atom is 0.274 e. The second kappa shape index (κ2) is 24.4. The van der Waals surface area contributed by atoms with E-state index in [1.807, 2.05) is 78.3 Å². The van der Waals surface area contributed by atoms with Crippen molar-refractivity contribution in [3.05, 3.63) is 149 Å². The molecule has 0 bridgehead atoms. The molecule has 18 heteroatoms. The molecule has 2 aliphatic heterocycles. The van der Waals surface area contributed by atoms with Crippen LogP contribution in [-0.2, 0) is 36.8 Å². The Balaban J connectivity index is 0.792. The molecule has 1 saturated carbocycles. The Morgan fingerprint density at radius 2 is 1.39 bits per heavy atom. The van der Waals surface area contributed by atoms with Gasteiger partial charge in [0.15, 0.2) is 5.69 Å². The molecule has 76 heavy (non-hydrogen) atoms. The third kappa shape index (κ3) is 13.6. The average molecular weight is 1030 g/mol. The molecule has 9 rings (SSSR count). The number of carbonyl (C=O) groups excluding carboxylic acids is 6. The molecule has 2 aliphatic carbocycles. The number of benzene rings is 2. The smallest absolute Gasteiger partial charge is 0.274 e. The van der Waals surface area contributed by atoms with E-state index in [4.69, 9.17) is 4.52 Å². The van der Waals surface area contributed by atoms with E-state index < -0.39 is 41.9 Å². The van der Waals surface area contributed by atoms with E-state index in [-0.39, 0.29) is 72.5 Å². The summed E-state index contributed by atoms with van der Waals surface area (Å²) < 4.78 is 5.10. The zero-order valence-electron chi connectivity index (χ0n) is 43.9. The number of imidazole rings is 2. The van der Waals surface area contributed by atoms with Crippen molar-refractivity contribution < 1.29 is 33.3 Å². The van der Waals surface area contributed by atoms with Crippen LogP contribution in [0.2, 0.25) is 0 Å². The van der Waals surface area contributed by atoms with Crippen LogP contribution in [0.3, 0.4) is 0 Å². The number of rotatable bonds is 21. The van der Waals surface area contributed by atoms with Crippen molar-refractivity contribution in [2.45, 2.75) is 147 Å². The summed E-state index contributed by atoms with van der Waals surface area (Å²) in [4.78, 5) is 102. The highest BCUT2D eigenvalue weighted by atomic mass is 16.5. The van der Waals surface area contributed by atoms with E-state index in [0.29, 0.717) is 43.3 Å². The van der Waals surface area contributed by atoms with Crippen LogP contribution in [-0.4, -0.2) is 108 Å². The second-order valence-corrected chi connectivity index (χ2v) is 21.3. The Bertz CT molecular complexity index is 2920. The van der Waals surface area contributed by atoms with Crippen molar-refractivity contribution in [2.75, 3.05) is 13.1 Å². The van der Waals surface area contributed by atoms with Gasteiger partial charge in [0.1, 0.15) is 29.5 Å². The number of hydrogen-bond acceptors (Lipinski definition) is 10. The minimum absolute atomic E-state index is 0.0134. The topological polar surface area (TPSA) is 240 Å². The Morgan fingerprint density at radius 1 is 0.737 bits per heavy atom. The van der Waals surface area contributed by atoms with Crippen molar-refractivity contribution in [3.63, 3.8) is 0 Å². The first-order valence-corrected chi connectivity index (χ1v) is 27.0. The molecule has 5 aromatic rings. The number of aromatic amines is 2. The zero-order chi connectivity index (χ0) is 53.3. The average Bonchev–Trinajstić information content (AvgIpc) is 3.98. The molecule has 2 saturated heterocycles. The lowest BCUT2D eigenvalue weighted by atomic mass is 9.91. The van der Waals surface area contributed by atoms with Gasteiger partial charge in [0.2, 0.25) is 29.5 Å². The van der Waals surface area contributed by atoms with Gasteiger partial charge >= 0.3 is 0 Å². The molecular weight excluding hydrogens is 963 g/mol. The molecule has 0 radical (unpaired) electrons. The summed E-state index contributed by atoms with van der Waals surface area (Å²) >= 11 is 0. The summed E-state index contributed by atoms with van der Waals surface area (Å²) in [6, 6.07) is 16.5. The fraction of sp³-hybridized carbons (Fsp3) is 0.466.